The van der Waals surface area contributed by atoms with Crippen molar-refractivity contribution >= 4 is 33.1 Å². The minimum Gasteiger partial charge on any atom is -0.326 e. The zero-order valence-electron chi connectivity index (χ0n) is 9.63. The molecule has 1 aromatic rings. The van der Waals surface area contributed by atoms with Crippen LogP contribution in [-0.4, -0.2) is 36.8 Å². The fourth-order valence-electron chi connectivity index (χ4n) is 1.90. The van der Waals surface area contributed by atoms with E-state index >= 15 is 0 Å². The second kappa shape index (κ2) is 5.27. The highest BCUT2D eigenvalue weighted by atomic mass is 32.2. The quantitative estimate of drug-likeness (QED) is 0.913. The van der Waals surface area contributed by atoms with Crippen LogP contribution >= 0.6 is 23.1 Å². The molecule has 2 heterocycles. The van der Waals surface area contributed by atoms with Crippen LogP contribution in [0.2, 0.25) is 0 Å². The highest BCUT2D eigenvalue weighted by Crippen LogP contribution is 2.28. The molecule has 7 heteroatoms. The summed E-state index contributed by atoms with van der Waals surface area (Å²) in [5.41, 5.74) is 5.58. The molecule has 0 amide bonds. The van der Waals surface area contributed by atoms with E-state index in [-0.39, 0.29) is 12.6 Å². The normalized spacial score (nSPS) is 22.8. The first kappa shape index (κ1) is 13.4. The highest BCUT2D eigenvalue weighted by Gasteiger charge is 2.32. The van der Waals surface area contributed by atoms with E-state index in [4.69, 9.17) is 5.73 Å². The Bertz CT molecular complexity index is 483. The molecule has 96 valence electrons. The molecule has 0 aromatic carbocycles. The number of thiophene rings is 1. The van der Waals surface area contributed by atoms with Gasteiger partial charge in [-0.15, -0.1) is 11.3 Å². The van der Waals surface area contributed by atoms with Gasteiger partial charge in [0.25, 0.3) is 0 Å². The third-order valence-corrected chi connectivity index (χ3v) is 7.14. The number of nitrogens with zero attached hydrogens (tertiary/aromatic N) is 1. The number of thioether (sulfide) groups is 1. The molecule has 1 aromatic heterocycles. The molecule has 1 unspecified atom stereocenters. The molecular formula is C10H16N2O2S3. The Morgan fingerprint density at radius 1 is 1.59 bits per heavy atom. The lowest BCUT2D eigenvalue weighted by Crippen LogP contribution is -2.44. The van der Waals surface area contributed by atoms with Crippen molar-refractivity contribution in [2.75, 3.05) is 18.1 Å². The summed E-state index contributed by atoms with van der Waals surface area (Å²) in [6.07, 6.45) is 0. The summed E-state index contributed by atoms with van der Waals surface area (Å²) < 4.78 is 26.6. The maximum atomic E-state index is 12.5. The molecule has 0 radical (unpaired) electrons. The van der Waals surface area contributed by atoms with Crippen LogP contribution in [0.15, 0.2) is 16.3 Å². The van der Waals surface area contributed by atoms with Gasteiger partial charge in [-0.3, -0.25) is 0 Å². The van der Waals surface area contributed by atoms with Gasteiger partial charge in [-0.05, 0) is 18.4 Å². The van der Waals surface area contributed by atoms with Crippen molar-refractivity contribution < 1.29 is 8.42 Å². The van der Waals surface area contributed by atoms with Crippen molar-refractivity contribution in [3.63, 3.8) is 0 Å². The van der Waals surface area contributed by atoms with Crippen LogP contribution in [0.3, 0.4) is 0 Å². The fraction of sp³-hybridized carbons (Fsp3) is 0.600. The number of rotatable bonds is 3. The molecule has 2 N–H and O–H groups in total. The molecule has 1 atom stereocenters. The van der Waals surface area contributed by atoms with E-state index in [9.17, 15) is 8.42 Å². The van der Waals surface area contributed by atoms with E-state index in [1.165, 1.54) is 11.3 Å². The fourth-order valence-corrected chi connectivity index (χ4v) is 6.07. The average molecular weight is 292 g/mol. The molecule has 0 bridgehead atoms. The van der Waals surface area contributed by atoms with Gasteiger partial charge in [0.2, 0.25) is 10.0 Å². The Kier molecular flexibility index (Phi) is 4.14. The molecular weight excluding hydrogens is 276 g/mol. The molecule has 4 nitrogen and oxygen atoms in total. The van der Waals surface area contributed by atoms with Crippen LogP contribution in [0.1, 0.15) is 11.8 Å². The monoisotopic (exact) mass is 292 g/mol. The Balaban J connectivity index is 2.35. The lowest BCUT2D eigenvalue weighted by molar-refractivity contribution is 0.367. The molecule has 1 aliphatic rings. The Labute approximate surface area is 110 Å². The standard InChI is InChI=1S/C10H16N2O2S3/c1-8-7-15-5-3-12(8)17(13,14)10-2-4-16-9(10)6-11/h2,4,8H,3,5-7,11H2,1H3. The zero-order valence-corrected chi connectivity index (χ0v) is 12.1. The molecule has 0 saturated carbocycles. The van der Waals surface area contributed by atoms with E-state index in [1.54, 1.807) is 27.5 Å². The van der Waals surface area contributed by atoms with Crippen LogP contribution in [0.25, 0.3) is 0 Å². The third-order valence-electron chi connectivity index (χ3n) is 2.78. The van der Waals surface area contributed by atoms with Gasteiger partial charge >= 0.3 is 0 Å². The second-order valence-corrected chi connectivity index (χ2v) is 7.96. The molecule has 1 fully saturated rings. The molecule has 1 saturated heterocycles. The van der Waals surface area contributed by atoms with Crippen molar-refractivity contribution in [3.05, 3.63) is 16.3 Å². The second-order valence-electron chi connectivity index (χ2n) is 3.95. The Morgan fingerprint density at radius 3 is 3.00 bits per heavy atom. The Hall–Kier alpha value is -0.0800. The molecule has 0 spiro atoms. The van der Waals surface area contributed by atoms with Crippen LogP contribution in [0.5, 0.6) is 0 Å². The Morgan fingerprint density at radius 2 is 2.35 bits per heavy atom. The first-order valence-electron chi connectivity index (χ1n) is 5.43. The van der Waals surface area contributed by atoms with E-state index in [0.29, 0.717) is 11.4 Å². The number of hydrogen-bond acceptors (Lipinski definition) is 5. The van der Waals surface area contributed by atoms with Crippen molar-refractivity contribution in [1.29, 1.82) is 0 Å². The third kappa shape index (κ3) is 2.53. The van der Waals surface area contributed by atoms with Gasteiger partial charge in [0, 0.05) is 35.5 Å². The topological polar surface area (TPSA) is 63.4 Å². The zero-order chi connectivity index (χ0) is 12.5. The highest BCUT2D eigenvalue weighted by molar-refractivity contribution is 7.99. The predicted molar refractivity (Wildman–Crippen MR) is 72.9 cm³/mol. The summed E-state index contributed by atoms with van der Waals surface area (Å²) in [6.45, 7) is 2.83. The van der Waals surface area contributed by atoms with Crippen LogP contribution in [0.4, 0.5) is 0 Å². The van der Waals surface area contributed by atoms with Gasteiger partial charge < -0.3 is 5.73 Å². The minimum atomic E-state index is -3.36. The first-order valence-corrected chi connectivity index (χ1v) is 8.91. The molecule has 1 aliphatic heterocycles. The van der Waals surface area contributed by atoms with E-state index in [2.05, 4.69) is 0 Å². The molecule has 0 aliphatic carbocycles. The number of sulfonamides is 1. The van der Waals surface area contributed by atoms with Crippen molar-refractivity contribution in [2.45, 2.75) is 24.4 Å². The van der Waals surface area contributed by atoms with Crippen molar-refractivity contribution in [2.24, 2.45) is 5.73 Å². The van der Waals surface area contributed by atoms with Gasteiger partial charge in [-0.25, -0.2) is 8.42 Å². The van der Waals surface area contributed by atoms with E-state index in [0.717, 1.165) is 16.4 Å². The average Bonchev–Trinajstić information content (AvgIpc) is 2.78. The van der Waals surface area contributed by atoms with Crippen molar-refractivity contribution in [3.8, 4) is 0 Å². The van der Waals surface area contributed by atoms with Gasteiger partial charge in [0.05, 0.1) is 4.90 Å². The molecule has 2 rings (SSSR count). The summed E-state index contributed by atoms with van der Waals surface area (Å²) in [5.74, 6) is 1.73. The van der Waals surface area contributed by atoms with E-state index in [1.807, 2.05) is 6.92 Å². The number of nitrogens with two attached hydrogens (primary N) is 1. The first-order chi connectivity index (χ1) is 8.07. The lowest BCUT2D eigenvalue weighted by Gasteiger charge is -2.31. The lowest BCUT2D eigenvalue weighted by atomic mass is 10.4. The number of hydrogen-bond donors (Lipinski definition) is 1. The summed E-state index contributed by atoms with van der Waals surface area (Å²) in [7, 11) is -3.36. The largest absolute Gasteiger partial charge is 0.326 e. The maximum absolute atomic E-state index is 12.5. The predicted octanol–water partition coefficient (Wildman–Crippen LogP) is 1.33. The van der Waals surface area contributed by atoms with Crippen molar-refractivity contribution in [1.82, 2.24) is 4.31 Å². The van der Waals surface area contributed by atoms with E-state index < -0.39 is 10.0 Å². The van der Waals surface area contributed by atoms with Gasteiger partial charge in [-0.2, -0.15) is 16.1 Å². The van der Waals surface area contributed by atoms with Gasteiger partial charge in [0.15, 0.2) is 0 Å². The maximum Gasteiger partial charge on any atom is 0.244 e. The summed E-state index contributed by atoms with van der Waals surface area (Å²) >= 11 is 3.21. The summed E-state index contributed by atoms with van der Waals surface area (Å²) in [4.78, 5) is 1.14. The minimum absolute atomic E-state index is 0.0595. The van der Waals surface area contributed by atoms with Crippen LogP contribution in [-0.2, 0) is 16.6 Å². The SMILES string of the molecule is CC1CSCCN1S(=O)(=O)c1ccsc1CN. The molecule has 17 heavy (non-hydrogen) atoms. The summed E-state index contributed by atoms with van der Waals surface area (Å²) in [6, 6.07) is 1.72. The van der Waals surface area contributed by atoms with Crippen LogP contribution < -0.4 is 5.73 Å². The van der Waals surface area contributed by atoms with Gasteiger partial charge in [-0.1, -0.05) is 0 Å². The van der Waals surface area contributed by atoms with Crippen LogP contribution in [0, 0.1) is 0 Å². The smallest absolute Gasteiger partial charge is 0.244 e. The van der Waals surface area contributed by atoms with Gasteiger partial charge in [0.1, 0.15) is 0 Å². The summed E-state index contributed by atoms with van der Waals surface area (Å²) in [5, 5.41) is 1.79.